The molecule has 2 heterocycles. The van der Waals surface area contributed by atoms with Crippen LogP contribution in [-0.4, -0.2) is 79.4 Å². The van der Waals surface area contributed by atoms with Crippen LogP contribution < -0.4 is 15.5 Å². The zero-order valence-electron chi connectivity index (χ0n) is 18.1. The van der Waals surface area contributed by atoms with Crippen LogP contribution in [0.25, 0.3) is 0 Å². The van der Waals surface area contributed by atoms with Crippen molar-refractivity contribution in [3.05, 3.63) is 60.7 Å². The smallest absolute Gasteiger partial charge is 0.243 e. The second kappa shape index (κ2) is 10.3. The number of carbonyl (C=O) groups is 3. The van der Waals surface area contributed by atoms with Crippen molar-refractivity contribution < 1.29 is 14.4 Å². The van der Waals surface area contributed by atoms with Crippen molar-refractivity contribution >= 4 is 29.1 Å². The van der Waals surface area contributed by atoms with Crippen LogP contribution in [0.5, 0.6) is 0 Å². The summed E-state index contributed by atoms with van der Waals surface area (Å²) in [6.45, 7) is 4.33. The number of carbonyl (C=O) groups excluding carboxylic acids is 3. The van der Waals surface area contributed by atoms with Gasteiger partial charge in [-0.15, -0.1) is 0 Å². The van der Waals surface area contributed by atoms with Gasteiger partial charge in [0.15, 0.2) is 0 Å². The number of nitrogens with zero attached hydrogens (tertiary/aromatic N) is 3. The summed E-state index contributed by atoms with van der Waals surface area (Å²) in [5.74, 6) is -0.667. The largest absolute Gasteiger partial charge is 0.369 e. The number of amides is 3. The minimum absolute atomic E-state index is 0.0613. The average molecular weight is 436 g/mol. The Bertz CT molecular complexity index is 929. The molecule has 32 heavy (non-hydrogen) atoms. The molecule has 0 saturated carbocycles. The zero-order valence-corrected chi connectivity index (χ0v) is 18.1. The molecule has 4 rings (SSSR count). The second-order valence-electron chi connectivity index (χ2n) is 8.11. The van der Waals surface area contributed by atoms with E-state index in [1.807, 2.05) is 36.4 Å². The van der Waals surface area contributed by atoms with Crippen molar-refractivity contribution in [3.8, 4) is 0 Å². The molecule has 0 aliphatic carbocycles. The molecule has 2 aromatic carbocycles. The first-order valence-corrected chi connectivity index (χ1v) is 11.0. The van der Waals surface area contributed by atoms with E-state index in [9.17, 15) is 14.4 Å². The summed E-state index contributed by atoms with van der Waals surface area (Å²) >= 11 is 0. The summed E-state index contributed by atoms with van der Waals surface area (Å²) in [5, 5.41) is 5.58. The fraction of sp³-hybridized carbons (Fsp3) is 0.375. The van der Waals surface area contributed by atoms with E-state index in [0.717, 1.165) is 26.2 Å². The Morgan fingerprint density at radius 2 is 1.56 bits per heavy atom. The third-order valence-corrected chi connectivity index (χ3v) is 5.94. The Morgan fingerprint density at radius 1 is 0.906 bits per heavy atom. The highest BCUT2D eigenvalue weighted by atomic mass is 16.2. The van der Waals surface area contributed by atoms with E-state index in [4.69, 9.17) is 0 Å². The van der Waals surface area contributed by atoms with Crippen molar-refractivity contribution in [2.75, 3.05) is 56.0 Å². The number of hydrogen-bond acceptors (Lipinski definition) is 5. The maximum atomic E-state index is 13.1. The summed E-state index contributed by atoms with van der Waals surface area (Å²) in [7, 11) is 0. The molecule has 2 aromatic rings. The van der Waals surface area contributed by atoms with E-state index in [2.05, 4.69) is 32.6 Å². The molecule has 0 radical (unpaired) electrons. The van der Waals surface area contributed by atoms with Gasteiger partial charge in [0.05, 0.1) is 13.0 Å². The highest BCUT2D eigenvalue weighted by molar-refractivity contribution is 5.97. The lowest BCUT2D eigenvalue weighted by Crippen LogP contribution is -2.60. The zero-order chi connectivity index (χ0) is 22.3. The van der Waals surface area contributed by atoms with Gasteiger partial charge in [-0.1, -0.05) is 36.4 Å². The van der Waals surface area contributed by atoms with Gasteiger partial charge >= 0.3 is 0 Å². The van der Waals surface area contributed by atoms with Crippen molar-refractivity contribution in [2.45, 2.75) is 12.5 Å². The minimum atomic E-state index is -0.787. The minimum Gasteiger partial charge on any atom is -0.369 e. The predicted octanol–water partition coefficient (Wildman–Crippen LogP) is 1.16. The Labute approximate surface area is 188 Å². The van der Waals surface area contributed by atoms with Gasteiger partial charge in [-0.2, -0.15) is 0 Å². The third-order valence-electron chi connectivity index (χ3n) is 5.94. The van der Waals surface area contributed by atoms with Crippen LogP contribution in [0.15, 0.2) is 60.7 Å². The maximum absolute atomic E-state index is 13.1. The van der Waals surface area contributed by atoms with E-state index in [-0.39, 0.29) is 30.7 Å². The van der Waals surface area contributed by atoms with Crippen molar-refractivity contribution in [1.82, 2.24) is 15.1 Å². The Balaban J connectivity index is 1.32. The fourth-order valence-electron chi connectivity index (χ4n) is 4.21. The van der Waals surface area contributed by atoms with Crippen molar-refractivity contribution in [1.29, 1.82) is 0 Å². The molecule has 168 valence electrons. The van der Waals surface area contributed by atoms with E-state index >= 15 is 0 Å². The van der Waals surface area contributed by atoms with Gasteiger partial charge in [-0.05, 0) is 24.3 Å². The van der Waals surface area contributed by atoms with Crippen molar-refractivity contribution in [3.63, 3.8) is 0 Å². The molecule has 2 aliphatic heterocycles. The molecule has 8 heteroatoms. The SMILES string of the molecule is O=C(C[C@@H]1C(=O)NCCN1C(=O)CN1CCN(c2ccccc2)CC1)Nc1ccccc1. The van der Waals surface area contributed by atoms with Crippen molar-refractivity contribution in [2.24, 2.45) is 0 Å². The second-order valence-corrected chi connectivity index (χ2v) is 8.11. The van der Waals surface area contributed by atoms with Crippen LogP contribution in [0.2, 0.25) is 0 Å². The number of rotatable bonds is 6. The van der Waals surface area contributed by atoms with Crippen LogP contribution in [0.3, 0.4) is 0 Å². The summed E-state index contributed by atoms with van der Waals surface area (Å²) in [4.78, 5) is 44.1. The summed E-state index contributed by atoms with van der Waals surface area (Å²) in [6, 6.07) is 18.6. The number of nitrogens with one attached hydrogen (secondary N) is 2. The predicted molar refractivity (Wildman–Crippen MR) is 123 cm³/mol. The van der Waals surface area contributed by atoms with Gasteiger partial charge in [-0.25, -0.2) is 0 Å². The van der Waals surface area contributed by atoms with Crippen LogP contribution in [0.4, 0.5) is 11.4 Å². The van der Waals surface area contributed by atoms with Crippen LogP contribution in [0, 0.1) is 0 Å². The lowest BCUT2D eigenvalue weighted by molar-refractivity contribution is -0.145. The van der Waals surface area contributed by atoms with Gasteiger partial charge in [0, 0.05) is 50.6 Å². The average Bonchev–Trinajstić information content (AvgIpc) is 2.82. The third kappa shape index (κ3) is 5.45. The molecule has 0 aromatic heterocycles. The monoisotopic (exact) mass is 435 g/mol. The molecule has 8 nitrogen and oxygen atoms in total. The molecule has 2 N–H and O–H groups in total. The molecular formula is C24H29N5O3. The Kier molecular flexibility index (Phi) is 7.01. The first-order chi connectivity index (χ1) is 15.6. The lowest BCUT2D eigenvalue weighted by Gasteiger charge is -2.39. The Morgan fingerprint density at radius 3 is 2.25 bits per heavy atom. The standard InChI is InChI=1S/C24H29N5O3/c30-22(26-19-7-3-1-4-8-19)17-21-24(32)25-11-12-29(21)23(31)18-27-13-15-28(16-14-27)20-9-5-2-6-10-20/h1-10,21H,11-18H2,(H,25,32)(H,26,30)/t21-/m1/s1. The lowest BCUT2D eigenvalue weighted by atomic mass is 10.1. The number of hydrogen-bond donors (Lipinski definition) is 2. The number of para-hydroxylation sites is 2. The molecular weight excluding hydrogens is 406 g/mol. The normalized spacial score (nSPS) is 19.4. The van der Waals surface area contributed by atoms with E-state index in [1.54, 1.807) is 17.0 Å². The first-order valence-electron chi connectivity index (χ1n) is 11.0. The summed E-state index contributed by atoms with van der Waals surface area (Å²) in [6.07, 6.45) is -0.0613. The molecule has 0 spiro atoms. The van der Waals surface area contributed by atoms with Gasteiger partial charge < -0.3 is 20.4 Å². The van der Waals surface area contributed by atoms with E-state index in [1.165, 1.54) is 5.69 Å². The van der Waals surface area contributed by atoms with Gasteiger partial charge in [0.1, 0.15) is 6.04 Å². The quantitative estimate of drug-likeness (QED) is 0.712. The fourth-order valence-corrected chi connectivity index (χ4v) is 4.21. The molecule has 2 saturated heterocycles. The molecule has 0 unspecified atom stereocenters. The molecule has 3 amide bonds. The molecule has 2 fully saturated rings. The van der Waals surface area contributed by atoms with Gasteiger partial charge in [-0.3, -0.25) is 19.3 Å². The van der Waals surface area contributed by atoms with Crippen LogP contribution >= 0.6 is 0 Å². The van der Waals surface area contributed by atoms with Crippen LogP contribution in [0.1, 0.15) is 6.42 Å². The first kappa shape index (κ1) is 21.8. The maximum Gasteiger partial charge on any atom is 0.243 e. The number of anilines is 2. The highest BCUT2D eigenvalue weighted by Gasteiger charge is 2.35. The van der Waals surface area contributed by atoms with Gasteiger partial charge in [0.25, 0.3) is 0 Å². The molecule has 1 atom stereocenters. The molecule has 2 aliphatic rings. The highest BCUT2D eigenvalue weighted by Crippen LogP contribution is 2.17. The van der Waals surface area contributed by atoms with Crippen LogP contribution in [-0.2, 0) is 14.4 Å². The van der Waals surface area contributed by atoms with E-state index < -0.39 is 6.04 Å². The summed E-state index contributed by atoms with van der Waals surface area (Å²) in [5.41, 5.74) is 1.86. The Hall–Kier alpha value is -3.39. The number of benzene rings is 2. The number of piperazine rings is 2. The molecule has 0 bridgehead atoms. The van der Waals surface area contributed by atoms with E-state index in [0.29, 0.717) is 18.8 Å². The summed E-state index contributed by atoms with van der Waals surface area (Å²) < 4.78 is 0. The topological polar surface area (TPSA) is 85.0 Å². The van der Waals surface area contributed by atoms with Gasteiger partial charge in [0.2, 0.25) is 17.7 Å².